The van der Waals surface area contributed by atoms with Gasteiger partial charge in [0.1, 0.15) is 11.4 Å². The molecule has 23 nitrogen and oxygen atoms in total. The first-order chi connectivity index (χ1) is 44.2. The first-order valence-corrected chi connectivity index (χ1v) is 33.3. The zero-order valence-corrected chi connectivity index (χ0v) is 57.9. The summed E-state index contributed by atoms with van der Waals surface area (Å²) in [7, 11) is 11.9. The molecule has 2 aliphatic heterocycles. The van der Waals surface area contributed by atoms with Crippen LogP contribution in [-0.2, 0) is 85.1 Å². The molecule has 0 amide bonds. The topological polar surface area (TPSA) is 233 Å². The highest BCUT2D eigenvalue weighted by atomic mass is 32.2. The fourth-order valence-electron chi connectivity index (χ4n) is 11.5. The average molecular weight is 1310 g/mol. The predicted octanol–water partition coefficient (Wildman–Crippen LogP) is 8.06. The number of rotatable bonds is 41. The van der Waals surface area contributed by atoms with Crippen LogP contribution in [0.5, 0.6) is 0 Å². The lowest BCUT2D eigenvalue weighted by molar-refractivity contribution is -0.871. The number of nitrogens with zero attached hydrogens (tertiary/aromatic N) is 10. The molecule has 0 saturated heterocycles. The van der Waals surface area contributed by atoms with Gasteiger partial charge >= 0.3 is 5.97 Å². The van der Waals surface area contributed by atoms with Crippen molar-refractivity contribution in [1.29, 1.82) is 0 Å². The summed E-state index contributed by atoms with van der Waals surface area (Å²) in [5, 5.41) is 28.9. The number of hydrogen-bond acceptors (Lipinski definition) is 16. The number of aromatic carboxylic acids is 1. The van der Waals surface area contributed by atoms with E-state index in [0.717, 1.165) is 75.2 Å². The molecular weight excluding hydrogens is 1210 g/mol. The Bertz CT molecular complexity index is 3470. The molecule has 0 radical (unpaired) electrons. The van der Waals surface area contributed by atoms with E-state index in [1.165, 1.54) is 22.9 Å². The van der Waals surface area contributed by atoms with Crippen LogP contribution in [0.3, 0.4) is 0 Å². The van der Waals surface area contributed by atoms with E-state index in [4.69, 9.17) is 37.9 Å². The zero-order chi connectivity index (χ0) is 67.4. The Morgan fingerprint density at radius 1 is 0.656 bits per heavy atom. The van der Waals surface area contributed by atoms with Gasteiger partial charge in [-0.2, -0.15) is 13.0 Å². The van der Waals surface area contributed by atoms with Crippen molar-refractivity contribution >= 4 is 38.7 Å². The molecule has 93 heavy (non-hydrogen) atoms. The molecule has 0 saturated carbocycles. The highest BCUT2D eigenvalue weighted by molar-refractivity contribution is 7.85. The van der Waals surface area contributed by atoms with Crippen molar-refractivity contribution in [1.82, 2.24) is 30.0 Å². The quantitative estimate of drug-likeness (QED) is 0.0124. The molecular formula is C69H101N10O13S+3. The SMILES string of the molecule is COCCOCCOCCOCc1cn(Cc2cc(C(=O)O)cc(Cn3cc(COCCOCCOCCOC)nn3)c2C(=C\C=C\C2=[N+](CCC[N+](C)(C)C)c3ccc(S(=O)(=O)O)cc3C2(C)C)/C=C/C=C2/N(CCC[N+](C)(C)C)c3ccc(C)cc3C2(C)C)nn1. The molecule has 508 valence electrons. The second kappa shape index (κ2) is 34.1. The number of aromatic nitrogens is 6. The van der Waals surface area contributed by atoms with Gasteiger partial charge in [-0.3, -0.25) is 4.55 Å². The lowest BCUT2D eigenvalue weighted by Crippen LogP contribution is -2.37. The number of aryl methyl sites for hydroxylation is 1. The molecule has 0 unspecified atom stereocenters. The van der Waals surface area contributed by atoms with Crippen molar-refractivity contribution in [3.63, 3.8) is 0 Å². The van der Waals surface area contributed by atoms with Crippen molar-refractivity contribution in [2.75, 3.05) is 167 Å². The maximum Gasteiger partial charge on any atom is 0.335 e. The first-order valence-electron chi connectivity index (χ1n) is 31.9. The number of carboxylic acid groups (broad SMARTS) is 1. The number of carbonyl (C=O) groups is 1. The van der Waals surface area contributed by atoms with Crippen LogP contribution in [0.4, 0.5) is 11.4 Å². The summed E-state index contributed by atoms with van der Waals surface area (Å²) in [6, 6.07) is 14.9. The molecule has 0 bridgehead atoms. The molecule has 2 aliphatic rings. The molecule has 2 N–H and O–H groups in total. The molecule has 7 rings (SSSR count). The highest BCUT2D eigenvalue weighted by Crippen LogP contribution is 2.48. The lowest BCUT2D eigenvalue weighted by atomic mass is 9.81. The highest BCUT2D eigenvalue weighted by Gasteiger charge is 2.45. The number of ether oxygens (including phenoxy) is 8. The van der Waals surface area contributed by atoms with E-state index in [2.05, 4.69) is 150 Å². The number of quaternary nitrogens is 2. The molecule has 0 spiro atoms. The Balaban J connectivity index is 1.35. The largest absolute Gasteiger partial charge is 0.478 e. The van der Waals surface area contributed by atoms with Crippen LogP contribution in [-0.4, -0.2) is 235 Å². The van der Waals surface area contributed by atoms with Crippen LogP contribution in [0.1, 0.15) is 95.7 Å². The third-order valence-electron chi connectivity index (χ3n) is 16.2. The van der Waals surface area contributed by atoms with Gasteiger partial charge in [-0.15, -0.1) is 10.2 Å². The Morgan fingerprint density at radius 2 is 1.18 bits per heavy atom. The number of allylic oxidation sites excluding steroid dienone is 8. The van der Waals surface area contributed by atoms with Gasteiger partial charge in [0, 0.05) is 61.7 Å². The number of methoxy groups -OCH3 is 2. The number of fused-ring (bicyclic) bond motifs is 2. The molecule has 0 atom stereocenters. The number of hydrogen-bond donors (Lipinski definition) is 2. The number of benzene rings is 3. The lowest BCUT2D eigenvalue weighted by Gasteiger charge is -2.29. The van der Waals surface area contributed by atoms with Gasteiger partial charge in [-0.25, -0.2) is 14.2 Å². The van der Waals surface area contributed by atoms with Crippen molar-refractivity contribution in [2.45, 2.75) is 89.5 Å². The Labute approximate surface area is 550 Å². The minimum absolute atomic E-state index is 0.0605. The van der Waals surface area contributed by atoms with Crippen LogP contribution in [0.15, 0.2) is 108 Å². The summed E-state index contributed by atoms with van der Waals surface area (Å²) in [6.45, 7) is 19.8. The smallest absolute Gasteiger partial charge is 0.335 e. The summed E-state index contributed by atoms with van der Waals surface area (Å²) in [6.07, 6.45) is 17.9. The first kappa shape index (κ1) is 73.8. The van der Waals surface area contributed by atoms with Crippen molar-refractivity contribution in [3.05, 3.63) is 153 Å². The third-order valence-corrected chi connectivity index (χ3v) is 17.1. The van der Waals surface area contributed by atoms with Crippen LogP contribution in [0, 0.1) is 6.92 Å². The predicted molar refractivity (Wildman–Crippen MR) is 358 cm³/mol. The van der Waals surface area contributed by atoms with E-state index in [1.807, 2.05) is 12.2 Å². The maximum absolute atomic E-state index is 13.4. The second-order valence-corrected chi connectivity index (χ2v) is 28.0. The Hall–Kier alpha value is -6.65. The van der Waals surface area contributed by atoms with Crippen molar-refractivity contribution in [2.24, 2.45) is 0 Å². The number of anilines is 1. The maximum atomic E-state index is 13.4. The van der Waals surface area contributed by atoms with Gasteiger partial charge in [0.15, 0.2) is 12.3 Å². The number of carboxylic acids is 1. The van der Waals surface area contributed by atoms with Crippen LogP contribution < -0.4 is 4.90 Å². The molecule has 0 fully saturated rings. The van der Waals surface area contributed by atoms with Crippen molar-refractivity contribution < 1.29 is 74.3 Å². The fourth-order valence-corrected chi connectivity index (χ4v) is 12.0. The van der Waals surface area contributed by atoms with Crippen molar-refractivity contribution in [3.8, 4) is 0 Å². The molecule has 4 heterocycles. The molecule has 5 aromatic rings. The molecule has 3 aromatic carbocycles. The van der Waals surface area contributed by atoms with Gasteiger partial charge < -0.3 is 56.9 Å². The monoisotopic (exact) mass is 1310 g/mol. The fraction of sp³-hybridized carbons (Fsp3) is 0.536. The second-order valence-electron chi connectivity index (χ2n) is 26.6. The van der Waals surface area contributed by atoms with Crippen LogP contribution in [0.25, 0.3) is 5.57 Å². The van der Waals surface area contributed by atoms with E-state index in [9.17, 15) is 22.9 Å². The van der Waals surface area contributed by atoms with Crippen LogP contribution in [0.2, 0.25) is 0 Å². The van der Waals surface area contributed by atoms with Gasteiger partial charge in [0.05, 0.1) is 196 Å². The molecule has 24 heteroatoms. The average Bonchev–Trinajstić information content (AvgIpc) is 1.61. The van der Waals surface area contributed by atoms with Gasteiger partial charge in [-0.05, 0) is 85.0 Å². The summed E-state index contributed by atoms with van der Waals surface area (Å²) >= 11 is 0. The Morgan fingerprint density at radius 3 is 1.70 bits per heavy atom. The van der Waals surface area contributed by atoms with E-state index < -0.39 is 21.5 Å². The summed E-state index contributed by atoms with van der Waals surface area (Å²) in [5.41, 5.74) is 10.2. The molecule has 0 aliphatic carbocycles. The summed E-state index contributed by atoms with van der Waals surface area (Å²) < 4.78 is 87.1. The minimum atomic E-state index is -4.51. The van der Waals surface area contributed by atoms with E-state index in [0.29, 0.717) is 108 Å². The van der Waals surface area contributed by atoms with E-state index in [-0.39, 0.29) is 42.2 Å². The third kappa shape index (κ3) is 21.7. The normalized spacial score (nSPS) is 15.5. The minimum Gasteiger partial charge on any atom is -0.478 e. The van der Waals surface area contributed by atoms with Crippen LogP contribution >= 0.6 is 0 Å². The Kier molecular flexibility index (Phi) is 27.1. The van der Waals surface area contributed by atoms with E-state index >= 15 is 0 Å². The zero-order valence-electron chi connectivity index (χ0n) is 57.1. The summed E-state index contributed by atoms with van der Waals surface area (Å²) in [4.78, 5) is 15.6. The summed E-state index contributed by atoms with van der Waals surface area (Å²) in [5.74, 6) is -1.12. The van der Waals surface area contributed by atoms with Gasteiger partial charge in [0.25, 0.3) is 10.1 Å². The molecule has 2 aromatic heterocycles. The van der Waals surface area contributed by atoms with Gasteiger partial charge in [-0.1, -0.05) is 66.3 Å². The van der Waals surface area contributed by atoms with E-state index in [1.54, 1.807) is 60.2 Å². The standard InChI is InChI=1S/C69H99N10O13S/c1-52-22-24-62-60(42-52)68(2,3)64(76(62)26-16-28-78(6,7)8)20-14-18-53(19-15-21-65-69(4,5)61-45-59(93(82,83)84)23-25-63(61)77(65)27-17-29-79(9,10)11)66-55(46-74-48-57(70-72-74)50-91-40-38-89-36-34-87-32-30-85-12)43-54(67(80)81)44-56(66)47-75-49-58(71-73-75)51-92-41-39-90-37-35-88-33-31-86-13/h14-15,18-25,42-45,48-49H,16-17,26-41,46-47,50-51H2,1-13H3/q+1/p+2. The van der Waals surface area contributed by atoms with Gasteiger partial charge in [0.2, 0.25) is 5.69 Å².